The van der Waals surface area contributed by atoms with Gasteiger partial charge < -0.3 is 4.74 Å². The lowest BCUT2D eigenvalue weighted by molar-refractivity contribution is 0.377. The van der Waals surface area contributed by atoms with Gasteiger partial charge in [-0.15, -0.1) is 0 Å². The third kappa shape index (κ3) is 6.04. The average molecular weight is 393 g/mol. The second-order valence-corrected chi connectivity index (χ2v) is 6.95. The Bertz CT molecular complexity index is 924. The first kappa shape index (κ1) is 21.3. The summed E-state index contributed by atoms with van der Waals surface area (Å²) in [6, 6.07) is 41.4. The highest BCUT2D eigenvalue weighted by molar-refractivity contribution is 5.69. The lowest BCUT2D eigenvalue weighted by Gasteiger charge is -1.95. The summed E-state index contributed by atoms with van der Waals surface area (Å²) in [5, 5.41) is 0. The van der Waals surface area contributed by atoms with Crippen LogP contribution in [-0.4, -0.2) is 0 Å². The molecular weight excluding hydrogens is 364 g/mol. The highest BCUT2D eigenvalue weighted by Gasteiger charge is 2.40. The molecule has 1 aliphatic rings. The summed E-state index contributed by atoms with van der Waals surface area (Å²) < 4.78 is 5.69. The molecule has 0 bridgehead atoms. The molecule has 0 N–H and O–H groups in total. The van der Waals surface area contributed by atoms with Crippen LogP contribution >= 0.6 is 0 Å². The Kier molecular flexibility index (Phi) is 7.77. The molecule has 4 aromatic rings. The van der Waals surface area contributed by atoms with E-state index in [1.54, 1.807) is 0 Å². The van der Waals surface area contributed by atoms with E-state index in [0.717, 1.165) is 0 Å². The Morgan fingerprint density at radius 1 is 0.433 bits per heavy atom. The topological polar surface area (TPSA) is 12.5 Å². The third-order valence-corrected chi connectivity index (χ3v) is 4.82. The van der Waals surface area contributed by atoms with Gasteiger partial charge in [-0.25, -0.2) is 0 Å². The van der Waals surface area contributed by atoms with Crippen molar-refractivity contribution in [3.05, 3.63) is 144 Å². The van der Waals surface area contributed by atoms with Crippen molar-refractivity contribution in [2.24, 2.45) is 0 Å². The van der Waals surface area contributed by atoms with Crippen LogP contribution in [0, 0.1) is 0 Å². The molecule has 1 nitrogen and oxygen atoms in total. The maximum absolute atomic E-state index is 5.69. The van der Waals surface area contributed by atoms with Crippen LogP contribution < -0.4 is 0 Å². The van der Waals surface area contributed by atoms with E-state index in [1.165, 1.54) is 22.3 Å². The van der Waals surface area contributed by atoms with Crippen molar-refractivity contribution >= 4 is 12.2 Å². The largest absolute Gasteiger partial charge is 0.359 e. The predicted molar refractivity (Wildman–Crippen MR) is 128 cm³/mol. The molecule has 0 aromatic heterocycles. The van der Waals surface area contributed by atoms with Gasteiger partial charge in [0.15, 0.2) is 0 Å². The van der Waals surface area contributed by atoms with Gasteiger partial charge in [-0.05, 0) is 22.3 Å². The second kappa shape index (κ2) is 10.9. The van der Waals surface area contributed by atoms with E-state index in [9.17, 15) is 0 Å². The van der Waals surface area contributed by atoms with Crippen LogP contribution in [0.15, 0.2) is 121 Å². The van der Waals surface area contributed by atoms with Crippen molar-refractivity contribution in [1.29, 1.82) is 0 Å². The van der Waals surface area contributed by atoms with Gasteiger partial charge in [0.2, 0.25) is 0 Å². The molecule has 2 atom stereocenters. The van der Waals surface area contributed by atoms with Gasteiger partial charge in [0.1, 0.15) is 12.2 Å². The SMILES string of the molecule is C.C(=C/c1ccccc1)/c1ccccc1.c1ccc(C2OC2c2ccccc2)cc1. The van der Waals surface area contributed by atoms with E-state index < -0.39 is 0 Å². The van der Waals surface area contributed by atoms with Crippen molar-refractivity contribution in [2.75, 3.05) is 0 Å². The molecule has 0 aliphatic carbocycles. The summed E-state index contributed by atoms with van der Waals surface area (Å²) in [5.74, 6) is 0. The zero-order valence-corrected chi connectivity index (χ0v) is 16.3. The maximum atomic E-state index is 5.69. The normalized spacial score (nSPS) is 16.8. The molecule has 2 unspecified atom stereocenters. The Labute approximate surface area is 180 Å². The number of hydrogen-bond donors (Lipinski definition) is 0. The number of ether oxygens (including phenoxy) is 1. The Balaban J connectivity index is 0.000000166. The summed E-state index contributed by atoms with van der Waals surface area (Å²) >= 11 is 0. The molecule has 1 saturated heterocycles. The van der Waals surface area contributed by atoms with E-state index >= 15 is 0 Å². The van der Waals surface area contributed by atoms with Crippen LogP contribution in [-0.2, 0) is 4.74 Å². The minimum Gasteiger partial charge on any atom is -0.359 e. The first-order valence-electron chi connectivity index (χ1n) is 9.94. The van der Waals surface area contributed by atoms with Gasteiger partial charge in [-0.3, -0.25) is 0 Å². The number of hydrogen-bond acceptors (Lipinski definition) is 1. The van der Waals surface area contributed by atoms with E-state index in [1.807, 2.05) is 48.5 Å². The summed E-state index contributed by atoms with van der Waals surface area (Å²) in [5.41, 5.74) is 5.01. The van der Waals surface area contributed by atoms with Gasteiger partial charge in [0, 0.05) is 0 Å². The van der Waals surface area contributed by atoms with Gasteiger partial charge in [-0.2, -0.15) is 0 Å². The molecule has 5 rings (SSSR count). The van der Waals surface area contributed by atoms with E-state index in [2.05, 4.69) is 84.9 Å². The fourth-order valence-electron chi connectivity index (χ4n) is 3.23. The first-order chi connectivity index (χ1) is 14.4. The predicted octanol–water partition coefficient (Wildman–Crippen LogP) is 7.99. The van der Waals surface area contributed by atoms with Crippen molar-refractivity contribution in [3.8, 4) is 0 Å². The lowest BCUT2D eigenvalue weighted by atomic mass is 10.0. The van der Waals surface area contributed by atoms with Gasteiger partial charge in [0.05, 0.1) is 0 Å². The Hall–Kier alpha value is -3.42. The highest BCUT2D eigenvalue weighted by Crippen LogP contribution is 2.50. The van der Waals surface area contributed by atoms with Gasteiger partial charge in [-0.1, -0.05) is 141 Å². The highest BCUT2D eigenvalue weighted by atomic mass is 16.6. The molecular formula is C29H28O. The van der Waals surface area contributed by atoms with E-state index in [4.69, 9.17) is 4.74 Å². The quantitative estimate of drug-likeness (QED) is 0.253. The molecule has 1 aliphatic heterocycles. The zero-order chi connectivity index (χ0) is 19.7. The summed E-state index contributed by atoms with van der Waals surface area (Å²) in [7, 11) is 0. The minimum atomic E-state index is 0. The van der Waals surface area contributed by atoms with Crippen molar-refractivity contribution in [3.63, 3.8) is 0 Å². The standard InChI is InChI=1S/C14H12O.C14H12.CH4/c1-3-7-11(8-4-1)13-14(15-13)12-9-5-2-6-10-12;1-3-7-13(8-4-1)11-12-14-9-5-2-6-10-14;/h1-10,13-14H;1-12H;1H4/b;12-11-;. The smallest absolute Gasteiger partial charge is 0.114 e. The van der Waals surface area contributed by atoms with Crippen LogP contribution in [0.4, 0.5) is 0 Å². The molecule has 1 heteroatoms. The molecule has 0 radical (unpaired) electrons. The number of epoxide rings is 1. The number of benzene rings is 4. The van der Waals surface area contributed by atoms with Gasteiger partial charge in [0.25, 0.3) is 0 Å². The molecule has 150 valence electrons. The minimum absolute atomic E-state index is 0. The molecule has 0 amide bonds. The number of rotatable bonds is 4. The Morgan fingerprint density at radius 3 is 1.07 bits per heavy atom. The van der Waals surface area contributed by atoms with Gasteiger partial charge >= 0.3 is 0 Å². The molecule has 1 fully saturated rings. The summed E-state index contributed by atoms with van der Waals surface area (Å²) in [6.45, 7) is 0. The fourth-order valence-corrected chi connectivity index (χ4v) is 3.23. The van der Waals surface area contributed by atoms with Crippen molar-refractivity contribution < 1.29 is 4.74 Å². The summed E-state index contributed by atoms with van der Waals surface area (Å²) in [6.07, 6.45) is 4.76. The van der Waals surface area contributed by atoms with E-state index in [0.29, 0.717) is 0 Å². The zero-order valence-electron chi connectivity index (χ0n) is 16.3. The van der Waals surface area contributed by atoms with Crippen LogP contribution in [0.2, 0.25) is 0 Å². The monoisotopic (exact) mass is 392 g/mol. The molecule has 0 saturated carbocycles. The summed E-state index contributed by atoms with van der Waals surface area (Å²) in [4.78, 5) is 0. The Morgan fingerprint density at radius 2 is 0.733 bits per heavy atom. The van der Waals surface area contributed by atoms with Crippen molar-refractivity contribution in [1.82, 2.24) is 0 Å². The molecule has 1 heterocycles. The van der Waals surface area contributed by atoms with E-state index in [-0.39, 0.29) is 19.6 Å². The van der Waals surface area contributed by atoms with Crippen LogP contribution in [0.5, 0.6) is 0 Å². The van der Waals surface area contributed by atoms with Crippen LogP contribution in [0.3, 0.4) is 0 Å². The third-order valence-electron chi connectivity index (χ3n) is 4.82. The maximum Gasteiger partial charge on any atom is 0.114 e. The second-order valence-electron chi connectivity index (χ2n) is 6.95. The first-order valence-corrected chi connectivity index (χ1v) is 9.94. The fraction of sp³-hybridized carbons (Fsp3) is 0.103. The van der Waals surface area contributed by atoms with Crippen LogP contribution in [0.25, 0.3) is 12.2 Å². The molecule has 0 spiro atoms. The lowest BCUT2D eigenvalue weighted by Crippen LogP contribution is -1.82. The average Bonchev–Trinajstić information content (AvgIpc) is 3.62. The molecule has 30 heavy (non-hydrogen) atoms. The molecule has 4 aromatic carbocycles. The van der Waals surface area contributed by atoms with Crippen LogP contribution in [0.1, 0.15) is 41.9 Å². The van der Waals surface area contributed by atoms with Crippen molar-refractivity contribution in [2.45, 2.75) is 19.6 Å².